The highest BCUT2D eigenvalue weighted by atomic mass is 15.0. The van der Waals surface area contributed by atoms with Gasteiger partial charge in [-0.15, -0.1) is 0 Å². The van der Waals surface area contributed by atoms with Crippen molar-refractivity contribution in [2.75, 3.05) is 0 Å². The first-order valence-corrected chi connectivity index (χ1v) is 19.7. The van der Waals surface area contributed by atoms with Gasteiger partial charge in [0, 0.05) is 53.9 Å². The molecule has 0 spiro atoms. The van der Waals surface area contributed by atoms with Crippen molar-refractivity contribution in [3.8, 4) is 0 Å². The topological polar surface area (TPSA) is 34.6 Å². The van der Waals surface area contributed by atoms with E-state index in [9.17, 15) is 0 Å². The van der Waals surface area contributed by atoms with Crippen LogP contribution in [0.25, 0.3) is 76.2 Å². The van der Waals surface area contributed by atoms with Gasteiger partial charge in [0.25, 0.3) is 0 Å². The Kier molecular flexibility index (Phi) is 4.34. The highest BCUT2D eigenvalue weighted by Gasteiger charge is 2.62. The van der Waals surface area contributed by atoms with E-state index in [1.807, 2.05) is 0 Å². The number of hydrogen-bond donors (Lipinski definition) is 0. The zero-order valence-corrected chi connectivity index (χ0v) is 32.2. The van der Waals surface area contributed by atoms with Gasteiger partial charge in [-0.25, -0.2) is 0 Å². The van der Waals surface area contributed by atoms with Gasteiger partial charge in [0.15, 0.2) is 0 Å². The smallest absolute Gasteiger partial charge is 0.0728 e. The van der Waals surface area contributed by atoms with Crippen LogP contribution < -0.4 is 0 Å². The van der Waals surface area contributed by atoms with E-state index < -0.39 is 0 Å². The summed E-state index contributed by atoms with van der Waals surface area (Å²) in [5.41, 5.74) is 17.3. The Morgan fingerprint density at radius 2 is 0.865 bits per heavy atom. The molecule has 52 heavy (non-hydrogen) atoms. The molecule has 0 radical (unpaired) electrons. The van der Waals surface area contributed by atoms with E-state index in [0.717, 1.165) is 0 Å². The number of aromatic nitrogens is 4. The molecule has 6 heterocycles. The fraction of sp³-hybridized carbons (Fsp3) is 0.417. The van der Waals surface area contributed by atoms with Crippen LogP contribution in [0.1, 0.15) is 129 Å². The maximum absolute atomic E-state index is 5.32. The van der Waals surface area contributed by atoms with Gasteiger partial charge in [-0.05, 0) is 81.7 Å². The molecule has 0 atom stereocenters. The Bertz CT molecular complexity index is 2980. The van der Waals surface area contributed by atoms with Crippen molar-refractivity contribution in [1.82, 2.24) is 18.8 Å². The van der Waals surface area contributed by atoms with Gasteiger partial charge in [0.05, 0.1) is 56.9 Å². The monoisotopic (exact) mass is 678 g/mol. The second-order valence-corrected chi connectivity index (χ2v) is 21.3. The fourth-order valence-corrected chi connectivity index (χ4v) is 13.9. The van der Waals surface area contributed by atoms with Crippen molar-refractivity contribution in [3.63, 3.8) is 0 Å². The number of rotatable bonds is 0. The molecule has 0 saturated heterocycles. The van der Waals surface area contributed by atoms with Crippen LogP contribution in [-0.2, 0) is 32.5 Å². The molecule has 15 rings (SSSR count). The maximum atomic E-state index is 5.32. The molecular formula is C48H46N4. The van der Waals surface area contributed by atoms with E-state index in [2.05, 4.69) is 127 Å². The van der Waals surface area contributed by atoms with Crippen LogP contribution in [-0.4, -0.2) is 18.8 Å². The number of pyridine rings is 2. The van der Waals surface area contributed by atoms with Gasteiger partial charge < -0.3 is 8.80 Å². The van der Waals surface area contributed by atoms with Crippen LogP contribution >= 0.6 is 0 Å². The van der Waals surface area contributed by atoms with Gasteiger partial charge >= 0.3 is 0 Å². The Labute approximate surface area is 303 Å². The van der Waals surface area contributed by atoms with Crippen LogP contribution in [0.4, 0.5) is 0 Å². The van der Waals surface area contributed by atoms with Crippen molar-refractivity contribution in [1.29, 1.82) is 0 Å². The molecule has 4 bridgehead atoms. The minimum atomic E-state index is -0.0146. The van der Waals surface area contributed by atoms with Crippen LogP contribution in [0.2, 0.25) is 0 Å². The van der Waals surface area contributed by atoms with Crippen molar-refractivity contribution in [3.05, 3.63) is 82.4 Å². The van der Waals surface area contributed by atoms with Crippen molar-refractivity contribution >= 4 is 76.2 Å². The molecular weight excluding hydrogens is 633 g/mol. The summed E-state index contributed by atoms with van der Waals surface area (Å²) in [5.74, 6) is 0. The van der Waals surface area contributed by atoms with E-state index in [-0.39, 0.29) is 32.5 Å². The lowest BCUT2D eigenvalue weighted by Crippen LogP contribution is -2.39. The summed E-state index contributed by atoms with van der Waals surface area (Å²) < 4.78 is 5.23. The lowest BCUT2D eigenvalue weighted by atomic mass is 9.60. The Balaban J connectivity index is 1.27. The molecule has 4 nitrogen and oxygen atoms in total. The third kappa shape index (κ3) is 2.81. The molecule has 3 aromatic carbocycles. The maximum Gasteiger partial charge on any atom is 0.0728 e. The van der Waals surface area contributed by atoms with E-state index >= 15 is 0 Å². The third-order valence-electron chi connectivity index (χ3n) is 15.2. The second-order valence-electron chi connectivity index (χ2n) is 21.3. The molecule has 9 aromatic rings. The summed E-state index contributed by atoms with van der Waals surface area (Å²) in [5, 5.41) is 11.2. The lowest BCUT2D eigenvalue weighted by molar-refractivity contribution is 0.174. The van der Waals surface area contributed by atoms with Crippen molar-refractivity contribution in [2.45, 2.75) is 127 Å². The average Bonchev–Trinajstić information content (AvgIpc) is 3.88. The average molecular weight is 679 g/mol. The third-order valence-corrected chi connectivity index (χ3v) is 15.2. The Morgan fingerprint density at radius 1 is 0.481 bits per heavy atom. The molecule has 0 aliphatic heterocycles. The van der Waals surface area contributed by atoms with E-state index in [0.29, 0.717) is 0 Å². The van der Waals surface area contributed by atoms with Crippen LogP contribution in [0.15, 0.2) is 48.8 Å². The van der Waals surface area contributed by atoms with Gasteiger partial charge in [0.2, 0.25) is 0 Å². The van der Waals surface area contributed by atoms with Gasteiger partial charge in [0.1, 0.15) is 0 Å². The first-order valence-electron chi connectivity index (χ1n) is 19.7. The molecule has 6 aromatic heterocycles. The Morgan fingerprint density at radius 3 is 1.23 bits per heavy atom. The first kappa shape index (κ1) is 29.1. The predicted molar refractivity (Wildman–Crippen MR) is 217 cm³/mol. The summed E-state index contributed by atoms with van der Waals surface area (Å²) in [4.78, 5) is 10.6. The van der Waals surface area contributed by atoms with Crippen LogP contribution in [0, 0.1) is 0 Å². The van der Waals surface area contributed by atoms with Gasteiger partial charge in [-0.3, -0.25) is 9.97 Å². The number of benzene rings is 3. The molecule has 0 unspecified atom stereocenters. The first-order chi connectivity index (χ1) is 24.5. The summed E-state index contributed by atoms with van der Waals surface area (Å²) in [7, 11) is 0. The molecule has 4 heteroatoms. The zero-order chi connectivity index (χ0) is 35.6. The lowest BCUT2D eigenvalue weighted by Gasteiger charge is -2.43. The normalized spacial score (nSPS) is 28.2. The Hall–Kier alpha value is -4.44. The SMILES string of the molecule is CC(C)(C)c1ccc2c3c4c(ncc3n3c5cc6c7c(C(C)(C)C)ccc8c9c%10c(ncc9n(c6cc5c1c23)c87)C1(C)CC%10(C)C1)C1(C)CC4(C)C1. The van der Waals surface area contributed by atoms with Gasteiger partial charge in [-0.1, -0.05) is 93.5 Å². The molecule has 0 amide bonds. The van der Waals surface area contributed by atoms with E-state index in [4.69, 9.17) is 9.97 Å². The molecule has 0 N–H and O–H groups in total. The second kappa shape index (κ2) is 7.77. The van der Waals surface area contributed by atoms with Gasteiger partial charge in [-0.2, -0.15) is 0 Å². The highest BCUT2D eigenvalue weighted by Crippen LogP contribution is 2.68. The molecule has 2 fully saturated rings. The number of fused-ring (bicyclic) bond motifs is 12. The minimum absolute atomic E-state index is 0.0146. The molecule has 258 valence electrons. The van der Waals surface area contributed by atoms with Crippen molar-refractivity contribution < 1.29 is 0 Å². The number of nitrogens with zero attached hydrogens (tertiary/aromatic N) is 4. The highest BCUT2D eigenvalue weighted by molar-refractivity contribution is 6.30. The van der Waals surface area contributed by atoms with Crippen molar-refractivity contribution in [2.24, 2.45) is 0 Å². The number of hydrogen-bond acceptors (Lipinski definition) is 2. The quantitative estimate of drug-likeness (QED) is 0.160. The molecule has 6 aliphatic carbocycles. The largest absolute Gasteiger partial charge is 0.306 e. The summed E-state index contributed by atoms with van der Waals surface area (Å²) in [6, 6.07) is 14.9. The predicted octanol–water partition coefficient (Wildman–Crippen LogP) is 12.0. The minimum Gasteiger partial charge on any atom is -0.306 e. The molecule has 6 aliphatic rings. The zero-order valence-electron chi connectivity index (χ0n) is 32.2. The van der Waals surface area contributed by atoms with Crippen LogP contribution in [0.3, 0.4) is 0 Å². The summed E-state index contributed by atoms with van der Waals surface area (Å²) in [6.07, 6.45) is 9.31. The van der Waals surface area contributed by atoms with Crippen LogP contribution in [0.5, 0.6) is 0 Å². The summed E-state index contributed by atoms with van der Waals surface area (Å²) >= 11 is 0. The van der Waals surface area contributed by atoms with E-state index in [1.54, 1.807) is 0 Å². The fourth-order valence-electron chi connectivity index (χ4n) is 13.9. The molecule has 2 saturated carbocycles. The summed E-state index contributed by atoms with van der Waals surface area (Å²) in [6.45, 7) is 24.1. The standard InChI is InChI=1S/C48H46N4/c1-43(2,3)27-13-11-23-35-31(17-49-41-37(35)45(7)19-47(41,9)20-45)51-29-16-26-30(15-25(29)33(27)39(23)51)52-32-18-50-42-38(46(8)21-48(42,10)22-46)36(32)24-12-14-28(44(4,5)6)34(26)40(24)52/h11-18H,19-22H2,1-10H3. The van der Waals surface area contributed by atoms with E-state index in [1.165, 1.54) is 136 Å².